The van der Waals surface area contributed by atoms with Crippen molar-refractivity contribution < 1.29 is 9.53 Å². The maximum atomic E-state index is 10.6. The van der Waals surface area contributed by atoms with Crippen molar-refractivity contribution in [3.05, 3.63) is 16.3 Å². The lowest BCUT2D eigenvalue weighted by molar-refractivity contribution is -0.137. The van der Waals surface area contributed by atoms with Gasteiger partial charge in [-0.15, -0.1) is 5.73 Å². The van der Waals surface area contributed by atoms with E-state index in [2.05, 4.69) is 26.4 Å². The van der Waals surface area contributed by atoms with E-state index in [9.17, 15) is 4.79 Å². The summed E-state index contributed by atoms with van der Waals surface area (Å²) in [6, 6.07) is 0. The first kappa shape index (κ1) is 9.47. The van der Waals surface area contributed by atoms with Crippen LogP contribution < -0.4 is 0 Å². The molecule has 0 aromatic heterocycles. The van der Waals surface area contributed by atoms with Gasteiger partial charge in [0.15, 0.2) is 0 Å². The molecular weight excluding hydrogens is 196 g/mol. The normalized spacial score (nSPS) is 7.90. The fourth-order valence-electron chi connectivity index (χ4n) is 0.342. The van der Waals surface area contributed by atoms with E-state index in [1.165, 1.54) is 6.08 Å². The summed E-state index contributed by atoms with van der Waals surface area (Å²) in [6.07, 6.45) is 1.26. The summed E-state index contributed by atoms with van der Waals surface area (Å²) in [4.78, 5) is 10.6. The molecule has 0 unspecified atom stereocenters. The second-order valence-corrected chi connectivity index (χ2v) is 2.76. The first-order valence-corrected chi connectivity index (χ1v) is 3.71. The molecule has 0 saturated heterocycles. The van der Waals surface area contributed by atoms with Gasteiger partial charge in [-0.25, -0.2) is 4.79 Å². The monoisotopic (exact) mass is 204 g/mol. The van der Waals surface area contributed by atoms with Crippen LogP contribution in [0, 0.1) is 0 Å². The maximum Gasteiger partial charge on any atom is 0.338 e. The van der Waals surface area contributed by atoms with Crippen LogP contribution in [0.5, 0.6) is 0 Å². The van der Waals surface area contributed by atoms with Crippen LogP contribution in [-0.2, 0) is 9.53 Å². The smallest absolute Gasteiger partial charge is 0.338 e. The van der Waals surface area contributed by atoms with Crippen molar-refractivity contribution in [1.29, 1.82) is 0 Å². The molecule has 0 aromatic rings. The largest absolute Gasteiger partial charge is 0.462 e. The van der Waals surface area contributed by atoms with Crippen molar-refractivity contribution in [3.63, 3.8) is 0 Å². The van der Waals surface area contributed by atoms with E-state index in [1.54, 1.807) is 13.8 Å². The van der Waals surface area contributed by atoms with E-state index in [0.29, 0.717) is 6.61 Å². The van der Waals surface area contributed by atoms with Crippen molar-refractivity contribution in [3.8, 4) is 0 Å². The molecular formula is C7H9BrO2. The molecule has 0 aliphatic rings. The summed E-state index contributed by atoms with van der Waals surface area (Å²) in [6.45, 7) is 3.95. The number of carbonyl (C=O) groups excluding carboxylic acids is 1. The summed E-state index contributed by atoms with van der Waals surface area (Å²) in [5.74, 6) is -0.360. The van der Waals surface area contributed by atoms with Crippen LogP contribution in [0.15, 0.2) is 16.3 Å². The predicted molar refractivity (Wildman–Crippen MR) is 42.8 cm³/mol. The molecule has 0 bridgehead atoms. The average Bonchev–Trinajstić information content (AvgIpc) is 1.85. The second-order valence-electron chi connectivity index (χ2n) is 1.57. The SMILES string of the molecule is CCOC(=O)C=C=C(C)Br. The standard InChI is InChI=1S/C7H9BrO2/c1-3-10-7(9)5-4-6(2)8/h5H,3H2,1-2H3. The fraction of sp³-hybridized carbons (Fsp3) is 0.429. The third-order valence-corrected chi connectivity index (χ3v) is 0.904. The molecule has 0 rings (SSSR count). The summed E-state index contributed by atoms with van der Waals surface area (Å²) in [5.41, 5.74) is 2.66. The molecule has 0 fully saturated rings. The van der Waals surface area contributed by atoms with E-state index in [1.807, 2.05) is 0 Å². The van der Waals surface area contributed by atoms with Crippen LogP contribution in [0.25, 0.3) is 0 Å². The van der Waals surface area contributed by atoms with Crippen molar-refractivity contribution >= 4 is 21.9 Å². The highest BCUT2D eigenvalue weighted by molar-refractivity contribution is 9.11. The van der Waals surface area contributed by atoms with E-state index < -0.39 is 0 Å². The zero-order chi connectivity index (χ0) is 7.98. The van der Waals surface area contributed by atoms with Gasteiger partial charge in [0, 0.05) is 4.48 Å². The molecule has 3 heteroatoms. The third kappa shape index (κ3) is 5.60. The molecule has 56 valence electrons. The molecule has 10 heavy (non-hydrogen) atoms. The van der Waals surface area contributed by atoms with Gasteiger partial charge in [0.25, 0.3) is 0 Å². The number of hydrogen-bond acceptors (Lipinski definition) is 2. The summed E-state index contributed by atoms with van der Waals surface area (Å²) < 4.78 is 5.38. The quantitative estimate of drug-likeness (QED) is 0.391. The van der Waals surface area contributed by atoms with Crippen LogP contribution in [0.3, 0.4) is 0 Å². The maximum absolute atomic E-state index is 10.6. The van der Waals surface area contributed by atoms with E-state index in [0.717, 1.165) is 4.48 Å². The minimum Gasteiger partial charge on any atom is -0.462 e. The van der Waals surface area contributed by atoms with Gasteiger partial charge in [0.2, 0.25) is 0 Å². The van der Waals surface area contributed by atoms with Crippen LogP contribution in [0.4, 0.5) is 0 Å². The Labute approximate surface area is 68.7 Å². The lowest BCUT2D eigenvalue weighted by Crippen LogP contribution is -1.97. The molecule has 0 aliphatic heterocycles. The van der Waals surface area contributed by atoms with Gasteiger partial charge >= 0.3 is 5.97 Å². The van der Waals surface area contributed by atoms with Crippen molar-refractivity contribution in [2.75, 3.05) is 6.61 Å². The first-order chi connectivity index (χ1) is 4.66. The van der Waals surface area contributed by atoms with Gasteiger partial charge < -0.3 is 4.74 Å². The second kappa shape index (κ2) is 5.27. The lowest BCUT2D eigenvalue weighted by Gasteiger charge is -1.91. The van der Waals surface area contributed by atoms with E-state index in [4.69, 9.17) is 0 Å². The molecule has 0 aliphatic carbocycles. The number of ether oxygens (including phenoxy) is 1. The van der Waals surface area contributed by atoms with Gasteiger partial charge in [-0.3, -0.25) is 0 Å². The van der Waals surface area contributed by atoms with Gasteiger partial charge in [-0.05, 0) is 29.8 Å². The van der Waals surface area contributed by atoms with Crippen LogP contribution >= 0.6 is 15.9 Å². The Morgan fingerprint density at radius 2 is 2.40 bits per heavy atom. The molecule has 0 N–H and O–H groups in total. The topological polar surface area (TPSA) is 26.3 Å². The van der Waals surface area contributed by atoms with Crippen molar-refractivity contribution in [1.82, 2.24) is 0 Å². The molecule has 2 nitrogen and oxygen atoms in total. The van der Waals surface area contributed by atoms with Crippen molar-refractivity contribution in [2.45, 2.75) is 13.8 Å². The number of halogens is 1. The Morgan fingerprint density at radius 1 is 1.80 bits per heavy atom. The van der Waals surface area contributed by atoms with Crippen molar-refractivity contribution in [2.24, 2.45) is 0 Å². The Balaban J connectivity index is 3.90. The molecule has 0 heterocycles. The van der Waals surface area contributed by atoms with Gasteiger partial charge in [0.1, 0.15) is 0 Å². The summed E-state index contributed by atoms with van der Waals surface area (Å²) >= 11 is 3.12. The molecule has 0 radical (unpaired) electrons. The minimum atomic E-state index is -0.360. The van der Waals surface area contributed by atoms with Gasteiger partial charge in [-0.1, -0.05) is 0 Å². The Morgan fingerprint density at radius 3 is 2.80 bits per heavy atom. The Kier molecular flexibility index (Phi) is 4.99. The zero-order valence-electron chi connectivity index (χ0n) is 5.98. The van der Waals surface area contributed by atoms with Crippen LogP contribution in [-0.4, -0.2) is 12.6 Å². The molecule has 0 saturated carbocycles. The number of rotatable bonds is 2. The number of esters is 1. The first-order valence-electron chi connectivity index (χ1n) is 2.92. The zero-order valence-corrected chi connectivity index (χ0v) is 7.56. The molecule has 0 amide bonds. The third-order valence-electron chi connectivity index (χ3n) is 0.676. The fourth-order valence-corrected chi connectivity index (χ4v) is 0.457. The van der Waals surface area contributed by atoms with Crippen LogP contribution in [0.1, 0.15) is 13.8 Å². The number of hydrogen-bond donors (Lipinski definition) is 0. The molecule has 0 spiro atoms. The molecule has 0 aromatic carbocycles. The van der Waals surface area contributed by atoms with Gasteiger partial charge in [-0.2, -0.15) is 0 Å². The number of carbonyl (C=O) groups is 1. The predicted octanol–water partition coefficient (Wildman–Crippen LogP) is 2.00. The average molecular weight is 205 g/mol. The summed E-state index contributed by atoms with van der Waals surface area (Å²) in [5, 5.41) is 0. The van der Waals surface area contributed by atoms with E-state index in [-0.39, 0.29) is 5.97 Å². The Hall–Kier alpha value is -0.530. The molecule has 0 atom stereocenters. The summed E-state index contributed by atoms with van der Waals surface area (Å²) in [7, 11) is 0. The van der Waals surface area contributed by atoms with Crippen LogP contribution in [0.2, 0.25) is 0 Å². The lowest BCUT2D eigenvalue weighted by atomic mass is 10.5. The minimum absolute atomic E-state index is 0.360. The Bertz CT molecular complexity index is 174. The van der Waals surface area contributed by atoms with E-state index >= 15 is 0 Å². The highest BCUT2D eigenvalue weighted by Gasteiger charge is 1.90. The van der Waals surface area contributed by atoms with Gasteiger partial charge in [0.05, 0.1) is 12.7 Å². The highest BCUT2D eigenvalue weighted by Crippen LogP contribution is 1.97. The highest BCUT2D eigenvalue weighted by atomic mass is 79.9.